The highest BCUT2D eigenvalue weighted by Gasteiger charge is 2.06. The van der Waals surface area contributed by atoms with Gasteiger partial charge in [0.1, 0.15) is 0 Å². The number of hydrogen-bond donors (Lipinski definition) is 1. The van der Waals surface area contributed by atoms with Gasteiger partial charge in [0, 0.05) is 6.42 Å². The number of rotatable bonds is 5. The summed E-state index contributed by atoms with van der Waals surface area (Å²) in [7, 11) is 0. The van der Waals surface area contributed by atoms with Gasteiger partial charge in [0.05, 0.1) is 5.69 Å². The fraction of sp³-hybridized carbons (Fsp3) is 0.417. The zero-order valence-corrected chi connectivity index (χ0v) is 9.03. The van der Waals surface area contributed by atoms with Crippen molar-refractivity contribution < 1.29 is 9.53 Å². The van der Waals surface area contributed by atoms with E-state index in [9.17, 15) is 4.79 Å². The number of ether oxygens (including phenoxy) is 1. The number of carbonyl (C=O) groups is 1. The van der Waals surface area contributed by atoms with Crippen LogP contribution in [0.25, 0.3) is 0 Å². The maximum atomic E-state index is 11.4. The third-order valence-electron chi connectivity index (χ3n) is 2.13. The minimum Gasteiger partial charge on any atom is -0.424 e. The lowest BCUT2D eigenvalue weighted by molar-refractivity contribution is -0.134. The van der Waals surface area contributed by atoms with E-state index in [-0.39, 0.29) is 5.97 Å². The smallest absolute Gasteiger partial charge is 0.311 e. The van der Waals surface area contributed by atoms with Gasteiger partial charge in [-0.05, 0) is 18.6 Å². The molecular weight excluding hydrogens is 190 g/mol. The van der Waals surface area contributed by atoms with E-state index >= 15 is 0 Å². The van der Waals surface area contributed by atoms with Crippen LogP contribution < -0.4 is 10.5 Å². The number of esters is 1. The molecule has 0 fully saturated rings. The Labute approximate surface area is 90.2 Å². The number of anilines is 1. The average Bonchev–Trinajstić information content (AvgIpc) is 2.22. The van der Waals surface area contributed by atoms with Crippen molar-refractivity contribution in [2.45, 2.75) is 32.6 Å². The van der Waals surface area contributed by atoms with E-state index in [1.165, 1.54) is 0 Å². The Balaban J connectivity index is 2.41. The first-order chi connectivity index (χ1) is 7.24. The molecular formula is C12H17NO2. The van der Waals surface area contributed by atoms with Crippen LogP contribution in [-0.4, -0.2) is 5.97 Å². The van der Waals surface area contributed by atoms with Crippen LogP contribution in [0.1, 0.15) is 32.6 Å². The third kappa shape index (κ3) is 4.02. The fourth-order valence-electron chi connectivity index (χ4n) is 1.27. The van der Waals surface area contributed by atoms with Crippen LogP contribution in [0.4, 0.5) is 5.69 Å². The first-order valence-electron chi connectivity index (χ1n) is 5.29. The number of benzene rings is 1. The van der Waals surface area contributed by atoms with Crippen molar-refractivity contribution in [3.05, 3.63) is 24.3 Å². The Morgan fingerprint density at radius 3 is 2.73 bits per heavy atom. The monoisotopic (exact) mass is 207 g/mol. The summed E-state index contributed by atoms with van der Waals surface area (Å²) in [5.74, 6) is 0.250. The molecule has 0 aromatic heterocycles. The molecule has 0 spiro atoms. The van der Waals surface area contributed by atoms with Crippen molar-refractivity contribution in [1.82, 2.24) is 0 Å². The second kappa shape index (κ2) is 6.06. The van der Waals surface area contributed by atoms with Crippen LogP contribution in [-0.2, 0) is 4.79 Å². The molecule has 1 rings (SSSR count). The first-order valence-corrected chi connectivity index (χ1v) is 5.29. The van der Waals surface area contributed by atoms with Crippen LogP contribution >= 0.6 is 0 Å². The van der Waals surface area contributed by atoms with Crippen molar-refractivity contribution in [1.29, 1.82) is 0 Å². The normalized spacial score (nSPS) is 9.93. The number of nitrogens with two attached hydrogens (primary N) is 1. The Bertz CT molecular complexity index is 323. The quantitative estimate of drug-likeness (QED) is 0.349. The molecule has 0 heterocycles. The zero-order chi connectivity index (χ0) is 11.1. The molecule has 1 aromatic carbocycles. The first kappa shape index (κ1) is 11.6. The molecule has 3 nitrogen and oxygen atoms in total. The van der Waals surface area contributed by atoms with Gasteiger partial charge in [-0.1, -0.05) is 31.9 Å². The van der Waals surface area contributed by atoms with E-state index in [4.69, 9.17) is 10.5 Å². The second-order valence-corrected chi connectivity index (χ2v) is 3.47. The van der Waals surface area contributed by atoms with E-state index in [1.54, 1.807) is 18.2 Å². The van der Waals surface area contributed by atoms with E-state index in [2.05, 4.69) is 6.92 Å². The number of nitrogen functional groups attached to an aromatic ring is 1. The Hall–Kier alpha value is -1.51. The highest BCUT2D eigenvalue weighted by atomic mass is 16.5. The lowest BCUT2D eigenvalue weighted by Gasteiger charge is -2.06. The van der Waals surface area contributed by atoms with Gasteiger partial charge in [-0.15, -0.1) is 0 Å². The number of para-hydroxylation sites is 2. The minimum atomic E-state index is -0.207. The van der Waals surface area contributed by atoms with E-state index in [0.29, 0.717) is 17.9 Å². The van der Waals surface area contributed by atoms with Crippen molar-refractivity contribution >= 4 is 11.7 Å². The Morgan fingerprint density at radius 2 is 2.07 bits per heavy atom. The molecule has 15 heavy (non-hydrogen) atoms. The molecule has 82 valence electrons. The Morgan fingerprint density at radius 1 is 1.33 bits per heavy atom. The van der Waals surface area contributed by atoms with Crippen molar-refractivity contribution in [2.24, 2.45) is 0 Å². The molecule has 0 unspecified atom stereocenters. The lowest BCUT2D eigenvalue weighted by atomic mass is 10.2. The second-order valence-electron chi connectivity index (χ2n) is 3.47. The molecule has 2 N–H and O–H groups in total. The van der Waals surface area contributed by atoms with E-state index in [1.807, 2.05) is 6.07 Å². The summed E-state index contributed by atoms with van der Waals surface area (Å²) >= 11 is 0. The van der Waals surface area contributed by atoms with Crippen LogP contribution in [0, 0.1) is 0 Å². The summed E-state index contributed by atoms with van der Waals surface area (Å²) in [6.45, 7) is 2.10. The number of hydrogen-bond acceptors (Lipinski definition) is 3. The largest absolute Gasteiger partial charge is 0.424 e. The maximum Gasteiger partial charge on any atom is 0.311 e. The number of carbonyl (C=O) groups excluding carboxylic acids is 1. The highest BCUT2D eigenvalue weighted by Crippen LogP contribution is 2.20. The van der Waals surface area contributed by atoms with Gasteiger partial charge in [-0.2, -0.15) is 0 Å². The van der Waals surface area contributed by atoms with Crippen molar-refractivity contribution in [3.8, 4) is 5.75 Å². The molecule has 0 aliphatic heterocycles. The van der Waals surface area contributed by atoms with Gasteiger partial charge in [-0.3, -0.25) is 4.79 Å². The molecule has 1 aromatic rings. The predicted molar refractivity (Wildman–Crippen MR) is 60.6 cm³/mol. The molecule has 0 bridgehead atoms. The molecule has 0 saturated carbocycles. The summed E-state index contributed by atoms with van der Waals surface area (Å²) in [4.78, 5) is 11.4. The van der Waals surface area contributed by atoms with Gasteiger partial charge in [0.15, 0.2) is 5.75 Å². The van der Waals surface area contributed by atoms with E-state index in [0.717, 1.165) is 19.3 Å². The third-order valence-corrected chi connectivity index (χ3v) is 2.13. The maximum absolute atomic E-state index is 11.4. The molecule has 3 heteroatoms. The Kier molecular flexibility index (Phi) is 4.68. The standard InChI is InChI=1S/C12H17NO2/c1-2-3-4-9-12(14)15-11-8-6-5-7-10(11)13/h5-8H,2-4,9,13H2,1H3. The number of unbranched alkanes of at least 4 members (excludes halogenated alkanes) is 2. The van der Waals surface area contributed by atoms with Crippen LogP contribution in [0.2, 0.25) is 0 Å². The van der Waals surface area contributed by atoms with Crippen LogP contribution in [0.15, 0.2) is 24.3 Å². The molecule has 0 aliphatic carbocycles. The summed E-state index contributed by atoms with van der Waals surface area (Å²) in [6.07, 6.45) is 3.49. The summed E-state index contributed by atoms with van der Waals surface area (Å²) < 4.78 is 5.13. The highest BCUT2D eigenvalue weighted by molar-refractivity contribution is 5.74. The minimum absolute atomic E-state index is 0.207. The fourth-order valence-corrected chi connectivity index (χ4v) is 1.27. The topological polar surface area (TPSA) is 52.3 Å². The SMILES string of the molecule is CCCCCC(=O)Oc1ccccc1N. The lowest BCUT2D eigenvalue weighted by Crippen LogP contribution is -2.08. The van der Waals surface area contributed by atoms with Gasteiger partial charge < -0.3 is 10.5 Å². The molecule has 0 saturated heterocycles. The van der Waals surface area contributed by atoms with Crippen molar-refractivity contribution in [2.75, 3.05) is 5.73 Å². The summed E-state index contributed by atoms with van der Waals surface area (Å²) in [5, 5.41) is 0. The molecule has 0 radical (unpaired) electrons. The molecule has 0 amide bonds. The van der Waals surface area contributed by atoms with Gasteiger partial charge >= 0.3 is 5.97 Å². The van der Waals surface area contributed by atoms with Crippen LogP contribution in [0.3, 0.4) is 0 Å². The summed E-state index contributed by atoms with van der Waals surface area (Å²) in [5.41, 5.74) is 6.15. The zero-order valence-electron chi connectivity index (χ0n) is 9.03. The molecule has 0 aliphatic rings. The van der Waals surface area contributed by atoms with Gasteiger partial charge in [-0.25, -0.2) is 0 Å². The molecule has 0 atom stereocenters. The summed E-state index contributed by atoms with van der Waals surface area (Å²) in [6, 6.07) is 7.02. The van der Waals surface area contributed by atoms with Crippen molar-refractivity contribution in [3.63, 3.8) is 0 Å². The predicted octanol–water partition coefficient (Wildman–Crippen LogP) is 2.75. The van der Waals surface area contributed by atoms with E-state index < -0.39 is 0 Å². The van der Waals surface area contributed by atoms with Gasteiger partial charge in [0.2, 0.25) is 0 Å². The van der Waals surface area contributed by atoms with Crippen LogP contribution in [0.5, 0.6) is 5.75 Å². The van der Waals surface area contributed by atoms with Gasteiger partial charge in [0.25, 0.3) is 0 Å². The average molecular weight is 207 g/mol.